The van der Waals surface area contributed by atoms with Crippen LogP contribution in [0.3, 0.4) is 0 Å². The van der Waals surface area contributed by atoms with Crippen molar-refractivity contribution in [3.63, 3.8) is 0 Å². The summed E-state index contributed by atoms with van der Waals surface area (Å²) in [7, 11) is -3.73. The maximum atomic E-state index is 13.7. The number of nitrogens with zero attached hydrogens (tertiary/aromatic N) is 2. The molecule has 1 saturated carbocycles. The molecule has 1 atom stereocenters. The van der Waals surface area contributed by atoms with Crippen LogP contribution in [0, 0.1) is 13.8 Å². The van der Waals surface area contributed by atoms with Gasteiger partial charge in [-0.15, -0.1) is 0 Å². The maximum Gasteiger partial charge on any atom is 0.244 e. The van der Waals surface area contributed by atoms with Gasteiger partial charge in [-0.3, -0.25) is 13.9 Å². The number of carbonyl (C=O) groups excluding carboxylic acids is 2. The van der Waals surface area contributed by atoms with Gasteiger partial charge in [-0.05, 0) is 62.4 Å². The average Bonchev–Trinajstić information content (AvgIpc) is 2.81. The molecule has 1 fully saturated rings. The third-order valence-electron chi connectivity index (χ3n) is 6.69. The molecule has 1 N–H and O–H groups in total. The molecule has 0 aliphatic heterocycles. The van der Waals surface area contributed by atoms with Gasteiger partial charge in [0.1, 0.15) is 12.6 Å². The Labute approximate surface area is 209 Å². The topological polar surface area (TPSA) is 86.8 Å². The van der Waals surface area contributed by atoms with Gasteiger partial charge in [0.2, 0.25) is 21.8 Å². The van der Waals surface area contributed by atoms with Crippen molar-refractivity contribution in [3.8, 4) is 0 Å². The van der Waals surface area contributed by atoms with Crippen LogP contribution in [-0.2, 0) is 26.2 Å². The summed E-state index contributed by atoms with van der Waals surface area (Å²) in [6, 6.07) is 14.1. The molecule has 0 spiro atoms. The van der Waals surface area contributed by atoms with E-state index in [0.29, 0.717) is 5.69 Å². The monoisotopic (exact) mass is 499 g/mol. The molecule has 0 unspecified atom stereocenters. The molecule has 3 rings (SSSR count). The molecule has 0 bridgehead atoms. The minimum absolute atomic E-state index is 0.119. The first kappa shape index (κ1) is 26.7. The Morgan fingerprint density at radius 1 is 1.03 bits per heavy atom. The van der Waals surface area contributed by atoms with E-state index in [1.54, 1.807) is 25.1 Å². The molecule has 0 saturated heterocycles. The Bertz CT molecular complexity index is 1140. The Balaban J connectivity index is 1.88. The number of aryl methyl sites for hydroxylation is 2. The number of carbonyl (C=O) groups is 2. The van der Waals surface area contributed by atoms with E-state index in [-0.39, 0.29) is 25.0 Å². The molecule has 1 aliphatic rings. The summed E-state index contributed by atoms with van der Waals surface area (Å²) in [5.74, 6) is -0.633. The molecule has 190 valence electrons. The van der Waals surface area contributed by atoms with Gasteiger partial charge in [0.15, 0.2) is 0 Å². The fraction of sp³-hybridized carbons (Fsp3) is 0.481. The first-order valence-corrected chi connectivity index (χ1v) is 14.1. The van der Waals surface area contributed by atoms with Gasteiger partial charge >= 0.3 is 0 Å². The Morgan fingerprint density at radius 2 is 1.71 bits per heavy atom. The van der Waals surface area contributed by atoms with Crippen molar-refractivity contribution in [2.75, 3.05) is 17.1 Å². The molecule has 2 amide bonds. The van der Waals surface area contributed by atoms with E-state index in [1.165, 1.54) is 11.3 Å². The summed E-state index contributed by atoms with van der Waals surface area (Å²) in [6.07, 6.45) is 6.34. The van der Waals surface area contributed by atoms with Crippen molar-refractivity contribution in [2.24, 2.45) is 0 Å². The highest BCUT2D eigenvalue weighted by molar-refractivity contribution is 7.92. The SMILES string of the molecule is Cc1cccc(N(CC(=O)N(Cc2ccccc2C)[C@H](C)C(=O)NC2CCCCC2)S(C)(=O)=O)c1. The summed E-state index contributed by atoms with van der Waals surface area (Å²) < 4.78 is 26.4. The van der Waals surface area contributed by atoms with Gasteiger partial charge in [0, 0.05) is 12.6 Å². The molecule has 0 heterocycles. The molecule has 8 heteroatoms. The standard InChI is InChI=1S/C27H37N3O4S/c1-20-11-10-16-25(17-20)30(35(4,33)34)19-26(31)29(18-23-13-9-8-12-21(23)2)22(3)27(32)28-24-14-6-5-7-15-24/h8-13,16-17,22,24H,5-7,14-15,18-19H2,1-4H3,(H,28,32)/t22-/m1/s1. The van der Waals surface area contributed by atoms with Gasteiger partial charge < -0.3 is 10.2 Å². The first-order valence-electron chi connectivity index (χ1n) is 12.2. The number of rotatable bonds is 9. The Kier molecular flexibility index (Phi) is 8.94. The zero-order valence-electron chi connectivity index (χ0n) is 21.2. The average molecular weight is 500 g/mol. The number of amides is 2. The lowest BCUT2D eigenvalue weighted by molar-refractivity contribution is -0.139. The summed E-state index contributed by atoms with van der Waals surface area (Å²) in [4.78, 5) is 28.3. The lowest BCUT2D eigenvalue weighted by Gasteiger charge is -2.33. The molecule has 35 heavy (non-hydrogen) atoms. The van der Waals surface area contributed by atoms with Gasteiger partial charge in [-0.2, -0.15) is 0 Å². The van der Waals surface area contributed by atoms with Crippen LogP contribution in [0.15, 0.2) is 48.5 Å². The van der Waals surface area contributed by atoms with E-state index >= 15 is 0 Å². The smallest absolute Gasteiger partial charge is 0.244 e. The van der Waals surface area contributed by atoms with Crippen molar-refractivity contribution in [3.05, 3.63) is 65.2 Å². The highest BCUT2D eigenvalue weighted by Gasteiger charge is 2.31. The molecule has 2 aromatic carbocycles. The van der Waals surface area contributed by atoms with E-state index < -0.39 is 22.0 Å². The molecule has 1 aliphatic carbocycles. The first-order chi connectivity index (χ1) is 16.6. The van der Waals surface area contributed by atoms with Crippen LogP contribution < -0.4 is 9.62 Å². The van der Waals surface area contributed by atoms with E-state index in [9.17, 15) is 18.0 Å². The molecule has 7 nitrogen and oxygen atoms in total. The number of anilines is 1. The van der Waals surface area contributed by atoms with Crippen LogP contribution in [0.5, 0.6) is 0 Å². The largest absolute Gasteiger partial charge is 0.352 e. The molecular formula is C27H37N3O4S. The quantitative estimate of drug-likeness (QED) is 0.566. The number of benzene rings is 2. The second kappa shape index (κ2) is 11.7. The summed E-state index contributed by atoms with van der Waals surface area (Å²) >= 11 is 0. The number of nitrogens with one attached hydrogen (secondary N) is 1. The number of hydrogen-bond acceptors (Lipinski definition) is 4. The third kappa shape index (κ3) is 7.31. The van der Waals surface area contributed by atoms with Gasteiger partial charge in [-0.25, -0.2) is 8.42 Å². The highest BCUT2D eigenvalue weighted by atomic mass is 32.2. The second-order valence-electron chi connectivity index (χ2n) is 9.58. The minimum atomic E-state index is -3.73. The van der Waals surface area contributed by atoms with Crippen LogP contribution in [0.1, 0.15) is 55.7 Å². The fourth-order valence-corrected chi connectivity index (χ4v) is 5.36. The van der Waals surface area contributed by atoms with E-state index in [2.05, 4.69) is 5.32 Å². The normalized spacial score (nSPS) is 15.3. The van der Waals surface area contributed by atoms with Gasteiger partial charge in [-0.1, -0.05) is 55.7 Å². The molecule has 2 aromatic rings. The van der Waals surface area contributed by atoms with E-state index in [0.717, 1.165) is 52.9 Å². The number of hydrogen-bond donors (Lipinski definition) is 1. The predicted octanol–water partition coefficient (Wildman–Crippen LogP) is 3.94. The van der Waals surface area contributed by atoms with Gasteiger partial charge in [0.05, 0.1) is 11.9 Å². The lowest BCUT2D eigenvalue weighted by atomic mass is 9.95. The molecule has 0 aromatic heterocycles. The molecular weight excluding hydrogens is 462 g/mol. The summed E-state index contributed by atoms with van der Waals surface area (Å²) in [5, 5.41) is 3.11. The van der Waals surface area contributed by atoms with Crippen LogP contribution >= 0.6 is 0 Å². The van der Waals surface area contributed by atoms with Crippen molar-refractivity contribution in [1.29, 1.82) is 0 Å². The second-order valence-corrected chi connectivity index (χ2v) is 11.5. The van der Waals surface area contributed by atoms with Crippen LogP contribution in [0.2, 0.25) is 0 Å². The zero-order chi connectivity index (χ0) is 25.6. The molecule has 0 radical (unpaired) electrons. The van der Waals surface area contributed by atoms with Crippen LogP contribution in [0.25, 0.3) is 0 Å². The highest BCUT2D eigenvalue weighted by Crippen LogP contribution is 2.22. The third-order valence-corrected chi connectivity index (χ3v) is 7.83. The van der Waals surface area contributed by atoms with Crippen LogP contribution in [0.4, 0.5) is 5.69 Å². The Morgan fingerprint density at radius 3 is 2.34 bits per heavy atom. The zero-order valence-corrected chi connectivity index (χ0v) is 22.0. The maximum absolute atomic E-state index is 13.7. The number of sulfonamides is 1. The van der Waals surface area contributed by atoms with Crippen molar-refractivity contribution >= 4 is 27.5 Å². The minimum Gasteiger partial charge on any atom is -0.352 e. The summed E-state index contributed by atoms with van der Waals surface area (Å²) in [6.45, 7) is 5.38. The van der Waals surface area contributed by atoms with E-state index in [1.807, 2.05) is 44.2 Å². The Hall–Kier alpha value is -2.87. The summed E-state index contributed by atoms with van der Waals surface area (Å²) in [5.41, 5.74) is 3.24. The lowest BCUT2D eigenvalue weighted by Crippen LogP contribution is -2.53. The van der Waals surface area contributed by atoms with Gasteiger partial charge in [0.25, 0.3) is 0 Å². The van der Waals surface area contributed by atoms with Crippen LogP contribution in [-0.4, -0.2) is 50.0 Å². The predicted molar refractivity (Wildman–Crippen MR) is 140 cm³/mol. The fourth-order valence-electron chi connectivity index (χ4n) is 4.52. The van der Waals surface area contributed by atoms with Crippen molar-refractivity contribution in [2.45, 2.75) is 71.5 Å². The van der Waals surface area contributed by atoms with E-state index in [4.69, 9.17) is 0 Å². The van der Waals surface area contributed by atoms with Crippen molar-refractivity contribution in [1.82, 2.24) is 10.2 Å². The van der Waals surface area contributed by atoms with Crippen molar-refractivity contribution < 1.29 is 18.0 Å².